The van der Waals surface area contributed by atoms with E-state index in [2.05, 4.69) is 16.3 Å². The number of nitrogens with zero attached hydrogens (tertiary/aromatic N) is 2. The number of para-hydroxylation sites is 1. The number of thiophene rings is 1. The number of furan rings is 1. The third-order valence-electron chi connectivity index (χ3n) is 6.80. The molecule has 0 atom stereocenters. The van der Waals surface area contributed by atoms with Gasteiger partial charge in [-0.3, -0.25) is 9.59 Å². The van der Waals surface area contributed by atoms with Gasteiger partial charge in [-0.05, 0) is 43.2 Å². The number of thioether (sulfide) groups is 1. The van der Waals surface area contributed by atoms with Crippen LogP contribution in [0.25, 0.3) is 11.0 Å². The highest BCUT2D eigenvalue weighted by Crippen LogP contribution is 2.35. The lowest BCUT2D eigenvalue weighted by Gasteiger charge is -2.33. The lowest BCUT2D eigenvalue weighted by atomic mass is 9.94. The molecule has 2 aliphatic heterocycles. The molecule has 2 fully saturated rings. The standard InChI is InChI=1S/C26H30N2O3S2/c29-25(27-13-5-1-2-6-14-27)19-11-15-28(16-12-19)26(30)24-21(18-33-23-10-7-17-32-23)20-8-3-4-9-22(20)31-24/h3-4,7-10,17,19H,1-2,5-6,11-16,18H2. The maximum Gasteiger partial charge on any atom is 0.289 e. The van der Waals surface area contributed by atoms with Gasteiger partial charge in [0.15, 0.2) is 5.76 Å². The van der Waals surface area contributed by atoms with E-state index in [1.54, 1.807) is 23.1 Å². The smallest absolute Gasteiger partial charge is 0.289 e. The predicted octanol–water partition coefficient (Wildman–Crippen LogP) is 6.04. The Labute approximate surface area is 203 Å². The molecule has 0 radical (unpaired) electrons. The average Bonchev–Trinajstić information content (AvgIpc) is 3.41. The first-order valence-corrected chi connectivity index (χ1v) is 13.8. The van der Waals surface area contributed by atoms with Gasteiger partial charge in [-0.15, -0.1) is 23.1 Å². The van der Waals surface area contributed by atoms with Gasteiger partial charge in [0, 0.05) is 48.8 Å². The summed E-state index contributed by atoms with van der Waals surface area (Å²) in [6.07, 6.45) is 6.15. The van der Waals surface area contributed by atoms with E-state index in [0.717, 1.165) is 55.3 Å². The number of hydrogen-bond acceptors (Lipinski definition) is 5. The maximum atomic E-state index is 13.5. The third kappa shape index (κ3) is 4.99. The first kappa shape index (κ1) is 22.5. The van der Waals surface area contributed by atoms with Gasteiger partial charge in [-0.1, -0.05) is 37.1 Å². The van der Waals surface area contributed by atoms with E-state index in [1.807, 2.05) is 35.2 Å². The van der Waals surface area contributed by atoms with Crippen molar-refractivity contribution in [2.75, 3.05) is 26.2 Å². The topological polar surface area (TPSA) is 53.8 Å². The van der Waals surface area contributed by atoms with E-state index in [1.165, 1.54) is 17.1 Å². The lowest BCUT2D eigenvalue weighted by Crippen LogP contribution is -2.44. The molecule has 0 spiro atoms. The summed E-state index contributed by atoms with van der Waals surface area (Å²) in [6.45, 7) is 3.00. The number of carbonyl (C=O) groups is 2. The number of amides is 2. The van der Waals surface area contributed by atoms with Crippen LogP contribution >= 0.6 is 23.1 Å². The molecule has 0 bridgehead atoms. The van der Waals surface area contributed by atoms with Gasteiger partial charge in [0.05, 0.1) is 4.21 Å². The van der Waals surface area contributed by atoms with Crippen LogP contribution in [0.5, 0.6) is 0 Å². The van der Waals surface area contributed by atoms with Gasteiger partial charge in [-0.25, -0.2) is 0 Å². The lowest BCUT2D eigenvalue weighted by molar-refractivity contribution is -0.136. The Morgan fingerprint density at radius 2 is 1.70 bits per heavy atom. The number of benzene rings is 1. The SMILES string of the molecule is O=C(c1oc2ccccc2c1CSc1cccs1)N1CCC(C(=O)N2CCCCCC2)CC1. The van der Waals surface area contributed by atoms with Crippen molar-refractivity contribution in [3.8, 4) is 0 Å². The molecular weight excluding hydrogens is 452 g/mol. The summed E-state index contributed by atoms with van der Waals surface area (Å²) >= 11 is 3.45. The van der Waals surface area contributed by atoms with Crippen LogP contribution in [0.3, 0.4) is 0 Å². The summed E-state index contributed by atoms with van der Waals surface area (Å²) in [5, 5.41) is 3.08. The van der Waals surface area contributed by atoms with Crippen molar-refractivity contribution in [1.82, 2.24) is 9.80 Å². The number of piperidine rings is 1. The monoisotopic (exact) mass is 482 g/mol. The zero-order chi connectivity index (χ0) is 22.6. The molecule has 0 saturated carbocycles. The molecule has 0 aliphatic carbocycles. The molecule has 2 amide bonds. The Morgan fingerprint density at radius 3 is 2.42 bits per heavy atom. The van der Waals surface area contributed by atoms with Crippen LogP contribution in [0.15, 0.2) is 50.4 Å². The highest BCUT2D eigenvalue weighted by atomic mass is 32.2. The van der Waals surface area contributed by atoms with Crippen molar-refractivity contribution < 1.29 is 14.0 Å². The van der Waals surface area contributed by atoms with Gasteiger partial charge >= 0.3 is 0 Å². The quantitative estimate of drug-likeness (QED) is 0.416. The molecule has 5 rings (SSSR count). The normalized spacial score (nSPS) is 17.9. The number of carbonyl (C=O) groups excluding carboxylic acids is 2. The van der Waals surface area contributed by atoms with E-state index < -0.39 is 0 Å². The van der Waals surface area contributed by atoms with Gasteiger partial charge in [0.25, 0.3) is 5.91 Å². The van der Waals surface area contributed by atoms with Crippen LogP contribution in [0.1, 0.15) is 54.6 Å². The summed E-state index contributed by atoms with van der Waals surface area (Å²) in [5.74, 6) is 1.44. The highest BCUT2D eigenvalue weighted by molar-refractivity contribution is 8.00. The fourth-order valence-corrected chi connectivity index (χ4v) is 6.74. The first-order valence-electron chi connectivity index (χ1n) is 12.0. The number of rotatable bonds is 5. The second kappa shape index (κ2) is 10.3. The second-order valence-electron chi connectivity index (χ2n) is 8.93. The molecule has 174 valence electrons. The van der Waals surface area contributed by atoms with Crippen LogP contribution in [0.4, 0.5) is 0 Å². The summed E-state index contributed by atoms with van der Waals surface area (Å²) in [5.41, 5.74) is 1.73. The summed E-state index contributed by atoms with van der Waals surface area (Å²) in [4.78, 5) is 30.5. The molecule has 33 heavy (non-hydrogen) atoms. The predicted molar refractivity (Wildman–Crippen MR) is 134 cm³/mol. The summed E-state index contributed by atoms with van der Waals surface area (Å²) < 4.78 is 7.32. The average molecular weight is 483 g/mol. The number of likely N-dealkylation sites (tertiary alicyclic amines) is 2. The highest BCUT2D eigenvalue weighted by Gasteiger charge is 2.33. The minimum Gasteiger partial charge on any atom is -0.451 e. The van der Waals surface area contributed by atoms with E-state index in [0.29, 0.717) is 30.5 Å². The second-order valence-corrected chi connectivity index (χ2v) is 11.2. The van der Waals surface area contributed by atoms with Crippen LogP contribution in [-0.2, 0) is 10.5 Å². The molecule has 2 aromatic heterocycles. The van der Waals surface area contributed by atoms with Crippen LogP contribution in [0, 0.1) is 5.92 Å². The van der Waals surface area contributed by atoms with Crippen LogP contribution in [0.2, 0.25) is 0 Å². The third-order valence-corrected chi connectivity index (χ3v) is 8.95. The zero-order valence-corrected chi connectivity index (χ0v) is 20.5. The van der Waals surface area contributed by atoms with Gasteiger partial charge in [-0.2, -0.15) is 0 Å². The molecule has 2 saturated heterocycles. The first-order chi connectivity index (χ1) is 16.2. The van der Waals surface area contributed by atoms with Crippen molar-refractivity contribution in [3.05, 3.63) is 53.1 Å². The van der Waals surface area contributed by atoms with Gasteiger partial charge < -0.3 is 14.2 Å². The molecule has 5 nitrogen and oxygen atoms in total. The summed E-state index contributed by atoms with van der Waals surface area (Å²) in [6, 6.07) is 12.0. The maximum absolute atomic E-state index is 13.5. The number of fused-ring (bicyclic) bond motifs is 1. The van der Waals surface area contributed by atoms with Crippen LogP contribution < -0.4 is 0 Å². The Kier molecular flexibility index (Phi) is 7.07. The summed E-state index contributed by atoms with van der Waals surface area (Å²) in [7, 11) is 0. The molecule has 0 unspecified atom stereocenters. The van der Waals surface area contributed by atoms with E-state index in [9.17, 15) is 9.59 Å². The molecule has 0 N–H and O–H groups in total. The minimum absolute atomic E-state index is 0.0386. The Morgan fingerprint density at radius 1 is 0.939 bits per heavy atom. The Hall–Kier alpha value is -2.25. The fraction of sp³-hybridized carbons (Fsp3) is 0.462. The van der Waals surface area contributed by atoms with E-state index >= 15 is 0 Å². The van der Waals surface area contributed by atoms with Crippen molar-refractivity contribution in [3.63, 3.8) is 0 Å². The van der Waals surface area contributed by atoms with Gasteiger partial charge in [0.2, 0.25) is 5.91 Å². The van der Waals surface area contributed by atoms with Crippen molar-refractivity contribution in [2.24, 2.45) is 5.92 Å². The van der Waals surface area contributed by atoms with Crippen LogP contribution in [-0.4, -0.2) is 47.8 Å². The molecule has 1 aromatic carbocycles. The van der Waals surface area contributed by atoms with Crippen molar-refractivity contribution in [2.45, 2.75) is 48.5 Å². The van der Waals surface area contributed by atoms with Crippen molar-refractivity contribution in [1.29, 1.82) is 0 Å². The van der Waals surface area contributed by atoms with Gasteiger partial charge in [0.1, 0.15) is 5.58 Å². The minimum atomic E-state index is -0.0475. The molecule has 7 heteroatoms. The number of hydrogen-bond donors (Lipinski definition) is 0. The Balaban J connectivity index is 1.28. The molecular formula is C26H30N2O3S2. The largest absolute Gasteiger partial charge is 0.451 e. The molecule has 3 aromatic rings. The zero-order valence-electron chi connectivity index (χ0n) is 18.8. The fourth-order valence-electron chi connectivity index (χ4n) is 4.93. The Bertz CT molecular complexity index is 1090. The molecule has 2 aliphatic rings. The van der Waals surface area contributed by atoms with E-state index in [-0.39, 0.29) is 11.8 Å². The van der Waals surface area contributed by atoms with Crippen molar-refractivity contribution >= 4 is 45.9 Å². The molecule has 4 heterocycles. The van der Waals surface area contributed by atoms with E-state index in [4.69, 9.17) is 4.42 Å².